The summed E-state index contributed by atoms with van der Waals surface area (Å²) in [6, 6.07) is 3.98. The molecule has 0 fully saturated rings. The molecule has 1 rings (SSSR count). The van der Waals surface area contributed by atoms with E-state index in [1.165, 1.54) is 0 Å². The molecule has 0 aliphatic heterocycles. The van der Waals surface area contributed by atoms with Crippen molar-refractivity contribution in [3.63, 3.8) is 0 Å². The number of ether oxygens (including phenoxy) is 1. The van der Waals surface area contributed by atoms with Crippen LogP contribution in [0, 0.1) is 0 Å². The average molecular weight is 408 g/mol. The maximum atomic E-state index is 11.2. The lowest BCUT2D eigenvalue weighted by Crippen LogP contribution is -2.35. The maximum Gasteiger partial charge on any atom is 0.257 e. The quantitative estimate of drug-likeness (QED) is 0.787. The fourth-order valence-corrected chi connectivity index (χ4v) is 2.94. The van der Waals surface area contributed by atoms with E-state index >= 15 is 0 Å². The number of amides is 1. The summed E-state index contributed by atoms with van der Waals surface area (Å²) in [7, 11) is 1.58. The Morgan fingerprint density at radius 2 is 1.80 bits per heavy atom. The van der Waals surface area contributed by atoms with Crippen LogP contribution in [0.5, 0.6) is 5.75 Å². The van der Waals surface area contributed by atoms with Crippen molar-refractivity contribution in [2.24, 2.45) is 0 Å². The first-order chi connectivity index (χ1) is 9.23. The number of carbonyl (C=O) groups is 1. The predicted molar refractivity (Wildman–Crippen MR) is 88.0 cm³/mol. The van der Waals surface area contributed by atoms with Crippen molar-refractivity contribution in [3.05, 3.63) is 26.6 Å². The van der Waals surface area contributed by atoms with Crippen molar-refractivity contribution in [1.29, 1.82) is 0 Å². The van der Waals surface area contributed by atoms with Crippen LogP contribution < -0.4 is 15.4 Å². The first-order valence-corrected chi connectivity index (χ1v) is 7.88. The number of benzene rings is 1. The van der Waals surface area contributed by atoms with E-state index in [2.05, 4.69) is 63.3 Å². The molecule has 0 saturated carbocycles. The van der Waals surface area contributed by atoms with E-state index in [0.29, 0.717) is 5.75 Å². The van der Waals surface area contributed by atoms with Crippen LogP contribution in [0.3, 0.4) is 0 Å². The summed E-state index contributed by atoms with van der Waals surface area (Å²) >= 11 is 6.95. The van der Waals surface area contributed by atoms with E-state index in [-0.39, 0.29) is 18.1 Å². The molecule has 0 radical (unpaired) electrons. The number of hydrogen-bond donors (Lipinski definition) is 2. The fraction of sp³-hybridized carbons (Fsp3) is 0.500. The van der Waals surface area contributed by atoms with Gasteiger partial charge < -0.3 is 15.4 Å². The van der Waals surface area contributed by atoms with Gasteiger partial charge in [0.1, 0.15) is 5.75 Å². The van der Waals surface area contributed by atoms with Crippen molar-refractivity contribution in [3.8, 4) is 5.75 Å². The lowest BCUT2D eigenvalue weighted by atomic mass is 10.1. The van der Waals surface area contributed by atoms with E-state index in [9.17, 15) is 4.79 Å². The molecule has 112 valence electrons. The molecule has 4 nitrogen and oxygen atoms in total. The van der Waals surface area contributed by atoms with Gasteiger partial charge >= 0.3 is 0 Å². The molecule has 0 unspecified atom stereocenters. The van der Waals surface area contributed by atoms with Gasteiger partial charge in [-0.25, -0.2) is 0 Å². The Hall–Kier alpha value is -0.590. The summed E-state index contributed by atoms with van der Waals surface area (Å²) in [5.41, 5.74) is 1.19. The Bertz CT molecular complexity index is 462. The molecule has 1 aromatic rings. The van der Waals surface area contributed by atoms with Crippen LogP contribution in [-0.2, 0) is 11.3 Å². The summed E-state index contributed by atoms with van der Waals surface area (Å²) in [5, 5.41) is 5.94. The topological polar surface area (TPSA) is 50.4 Å². The van der Waals surface area contributed by atoms with Gasteiger partial charge in [0.25, 0.3) is 5.91 Å². The lowest BCUT2D eigenvalue weighted by Gasteiger charge is -2.21. The number of likely N-dealkylation sites (N-methyl/N-ethyl adjacent to an activating group) is 1. The Morgan fingerprint density at radius 3 is 2.25 bits per heavy atom. The fourth-order valence-electron chi connectivity index (χ4n) is 1.43. The molecule has 0 atom stereocenters. The maximum absolute atomic E-state index is 11.2. The van der Waals surface area contributed by atoms with E-state index in [4.69, 9.17) is 4.74 Å². The van der Waals surface area contributed by atoms with Crippen LogP contribution in [0.1, 0.15) is 26.3 Å². The minimum absolute atomic E-state index is 0.00666. The van der Waals surface area contributed by atoms with Gasteiger partial charge in [0, 0.05) is 19.1 Å². The molecule has 0 aliphatic carbocycles. The highest BCUT2D eigenvalue weighted by Crippen LogP contribution is 2.34. The standard InChI is InChI=1S/C14H20Br2N2O2/c1-14(2,3)18-7-9-5-10(15)13(11(16)6-9)20-8-12(19)17-4/h5-6,18H,7-8H2,1-4H3,(H,17,19). The third-order valence-electron chi connectivity index (χ3n) is 2.51. The van der Waals surface area contributed by atoms with E-state index in [1.54, 1.807) is 7.05 Å². The average Bonchev–Trinajstić information content (AvgIpc) is 2.34. The van der Waals surface area contributed by atoms with Gasteiger partial charge in [0.15, 0.2) is 6.61 Å². The molecule has 1 amide bonds. The molecule has 0 saturated heterocycles. The Kier molecular flexibility index (Phi) is 6.48. The van der Waals surface area contributed by atoms with Gasteiger partial charge in [-0.2, -0.15) is 0 Å². The normalized spacial score (nSPS) is 11.3. The molecular formula is C14H20Br2N2O2. The van der Waals surface area contributed by atoms with Gasteiger partial charge in [-0.1, -0.05) is 0 Å². The van der Waals surface area contributed by atoms with Crippen LogP contribution in [0.15, 0.2) is 21.1 Å². The summed E-state index contributed by atoms with van der Waals surface area (Å²) in [6.07, 6.45) is 0. The molecule has 0 aromatic heterocycles. The molecular weight excluding hydrogens is 388 g/mol. The highest BCUT2D eigenvalue weighted by molar-refractivity contribution is 9.11. The Balaban J connectivity index is 2.78. The molecule has 2 N–H and O–H groups in total. The van der Waals surface area contributed by atoms with Crippen molar-refractivity contribution in [2.45, 2.75) is 32.9 Å². The first kappa shape index (κ1) is 17.5. The van der Waals surface area contributed by atoms with Gasteiger partial charge in [0.05, 0.1) is 8.95 Å². The minimum Gasteiger partial charge on any atom is -0.481 e. The van der Waals surface area contributed by atoms with E-state index in [1.807, 2.05) is 12.1 Å². The van der Waals surface area contributed by atoms with Gasteiger partial charge in [0.2, 0.25) is 0 Å². The molecule has 0 heterocycles. The van der Waals surface area contributed by atoms with Crippen LogP contribution in [0.25, 0.3) is 0 Å². The van der Waals surface area contributed by atoms with Gasteiger partial charge in [-0.3, -0.25) is 4.79 Å². The van der Waals surface area contributed by atoms with E-state index < -0.39 is 0 Å². The lowest BCUT2D eigenvalue weighted by molar-refractivity contribution is -0.122. The highest BCUT2D eigenvalue weighted by Gasteiger charge is 2.13. The molecule has 0 bridgehead atoms. The van der Waals surface area contributed by atoms with Crippen molar-refractivity contribution in [1.82, 2.24) is 10.6 Å². The van der Waals surface area contributed by atoms with Gasteiger partial charge in [-0.15, -0.1) is 0 Å². The highest BCUT2D eigenvalue weighted by atomic mass is 79.9. The monoisotopic (exact) mass is 406 g/mol. The van der Waals surface area contributed by atoms with Crippen molar-refractivity contribution < 1.29 is 9.53 Å². The zero-order valence-electron chi connectivity index (χ0n) is 12.1. The zero-order valence-corrected chi connectivity index (χ0v) is 15.3. The number of hydrogen-bond acceptors (Lipinski definition) is 3. The molecule has 20 heavy (non-hydrogen) atoms. The van der Waals surface area contributed by atoms with Crippen LogP contribution in [0.2, 0.25) is 0 Å². The molecule has 0 aliphatic rings. The summed E-state index contributed by atoms with van der Waals surface area (Å²) in [5.74, 6) is 0.468. The summed E-state index contributed by atoms with van der Waals surface area (Å²) in [6.45, 7) is 7.12. The Labute approximate surface area is 136 Å². The van der Waals surface area contributed by atoms with Gasteiger partial charge in [-0.05, 0) is 70.3 Å². The second kappa shape index (κ2) is 7.43. The molecule has 1 aromatic carbocycles. The first-order valence-electron chi connectivity index (χ1n) is 6.29. The zero-order chi connectivity index (χ0) is 15.3. The predicted octanol–water partition coefficient (Wildman–Crippen LogP) is 3.22. The van der Waals surface area contributed by atoms with Crippen LogP contribution in [-0.4, -0.2) is 25.1 Å². The van der Waals surface area contributed by atoms with Crippen molar-refractivity contribution in [2.75, 3.05) is 13.7 Å². The second-order valence-electron chi connectivity index (χ2n) is 5.45. The van der Waals surface area contributed by atoms with E-state index in [0.717, 1.165) is 21.1 Å². The van der Waals surface area contributed by atoms with Crippen LogP contribution >= 0.6 is 31.9 Å². The summed E-state index contributed by atoms with van der Waals surface area (Å²) < 4.78 is 7.14. The largest absolute Gasteiger partial charge is 0.481 e. The minimum atomic E-state index is -0.165. The number of nitrogens with one attached hydrogen (secondary N) is 2. The third kappa shape index (κ3) is 5.81. The van der Waals surface area contributed by atoms with Crippen molar-refractivity contribution >= 4 is 37.8 Å². The molecule has 6 heteroatoms. The number of rotatable bonds is 5. The van der Waals surface area contributed by atoms with Crippen LogP contribution in [0.4, 0.5) is 0 Å². The number of halogens is 2. The third-order valence-corrected chi connectivity index (χ3v) is 3.69. The SMILES string of the molecule is CNC(=O)COc1c(Br)cc(CNC(C)(C)C)cc1Br. The second-order valence-corrected chi connectivity index (χ2v) is 7.16. The summed E-state index contributed by atoms with van der Waals surface area (Å²) in [4.78, 5) is 11.2. The Morgan fingerprint density at radius 1 is 1.25 bits per heavy atom. The smallest absolute Gasteiger partial charge is 0.257 e. The molecule has 0 spiro atoms. The number of carbonyl (C=O) groups excluding carboxylic acids is 1.